The number of benzene rings is 1. The van der Waals surface area contributed by atoms with Crippen molar-refractivity contribution in [2.75, 3.05) is 19.4 Å². The van der Waals surface area contributed by atoms with Crippen molar-refractivity contribution in [3.63, 3.8) is 0 Å². The highest BCUT2D eigenvalue weighted by atomic mass is 35.5. The zero-order valence-corrected chi connectivity index (χ0v) is 14.6. The van der Waals surface area contributed by atoms with Gasteiger partial charge in [-0.2, -0.15) is 5.26 Å². The molecular formula is C14H12ClN3O3S2. The highest BCUT2D eigenvalue weighted by Crippen LogP contribution is 2.26. The van der Waals surface area contributed by atoms with Crippen molar-refractivity contribution >= 4 is 43.9 Å². The maximum atomic E-state index is 12.3. The fraction of sp³-hybridized carbons (Fsp3) is 0.143. The van der Waals surface area contributed by atoms with E-state index in [4.69, 9.17) is 16.9 Å². The number of hydrogen-bond acceptors (Lipinski definition) is 5. The Kier molecular flexibility index (Phi) is 5.06. The smallest absolute Gasteiger partial charge is 0.257 e. The Morgan fingerprint density at radius 3 is 2.65 bits per heavy atom. The Morgan fingerprint density at radius 1 is 1.35 bits per heavy atom. The van der Waals surface area contributed by atoms with Crippen molar-refractivity contribution in [2.24, 2.45) is 0 Å². The van der Waals surface area contributed by atoms with Crippen LogP contribution in [-0.2, 0) is 10.0 Å². The van der Waals surface area contributed by atoms with Gasteiger partial charge < -0.3 is 5.32 Å². The molecule has 1 heterocycles. The molecule has 0 aliphatic rings. The van der Waals surface area contributed by atoms with Crippen LogP contribution in [0.2, 0.25) is 5.02 Å². The maximum absolute atomic E-state index is 12.3. The molecule has 2 rings (SSSR count). The Balaban J connectivity index is 2.40. The third kappa shape index (κ3) is 3.54. The first-order valence-electron chi connectivity index (χ1n) is 6.28. The van der Waals surface area contributed by atoms with Gasteiger partial charge in [-0.3, -0.25) is 4.79 Å². The lowest BCUT2D eigenvalue weighted by atomic mass is 10.2. The molecule has 23 heavy (non-hydrogen) atoms. The third-order valence-corrected chi connectivity index (χ3v) is 5.94. The average Bonchev–Trinajstić information content (AvgIpc) is 2.94. The monoisotopic (exact) mass is 369 g/mol. The lowest BCUT2D eigenvalue weighted by Crippen LogP contribution is -2.23. The second kappa shape index (κ2) is 6.68. The third-order valence-electron chi connectivity index (χ3n) is 2.97. The maximum Gasteiger partial charge on any atom is 0.257 e. The van der Waals surface area contributed by atoms with Gasteiger partial charge in [0.15, 0.2) is 0 Å². The number of thiophene rings is 1. The summed E-state index contributed by atoms with van der Waals surface area (Å²) in [4.78, 5) is 12.3. The molecule has 1 N–H and O–H groups in total. The van der Waals surface area contributed by atoms with Crippen molar-refractivity contribution in [1.82, 2.24) is 4.31 Å². The second-order valence-electron chi connectivity index (χ2n) is 4.66. The van der Waals surface area contributed by atoms with E-state index in [1.807, 2.05) is 6.07 Å². The molecule has 1 amide bonds. The Bertz CT molecular complexity index is 898. The van der Waals surface area contributed by atoms with Gasteiger partial charge in [-0.25, -0.2) is 12.7 Å². The van der Waals surface area contributed by atoms with E-state index in [1.54, 1.807) is 11.4 Å². The van der Waals surface area contributed by atoms with E-state index in [0.717, 1.165) is 4.31 Å². The van der Waals surface area contributed by atoms with E-state index in [2.05, 4.69) is 5.32 Å². The first kappa shape index (κ1) is 17.4. The van der Waals surface area contributed by atoms with Crippen LogP contribution in [0.25, 0.3) is 0 Å². The topological polar surface area (TPSA) is 90.3 Å². The zero-order valence-electron chi connectivity index (χ0n) is 12.2. The van der Waals surface area contributed by atoms with Crippen LogP contribution in [0, 0.1) is 11.3 Å². The molecule has 2 aromatic rings. The van der Waals surface area contributed by atoms with Crippen molar-refractivity contribution in [3.05, 3.63) is 45.8 Å². The van der Waals surface area contributed by atoms with E-state index in [-0.39, 0.29) is 15.5 Å². The summed E-state index contributed by atoms with van der Waals surface area (Å²) in [5, 5.41) is 13.7. The summed E-state index contributed by atoms with van der Waals surface area (Å²) >= 11 is 7.20. The molecule has 0 unspecified atom stereocenters. The Hall–Kier alpha value is -1.92. The molecule has 6 nitrogen and oxygen atoms in total. The van der Waals surface area contributed by atoms with Crippen LogP contribution in [0.4, 0.5) is 5.00 Å². The van der Waals surface area contributed by atoms with Crippen molar-refractivity contribution in [1.29, 1.82) is 5.26 Å². The molecule has 0 atom stereocenters. The number of nitrogens with one attached hydrogen (secondary N) is 1. The molecule has 1 aromatic carbocycles. The number of amides is 1. The lowest BCUT2D eigenvalue weighted by molar-refractivity contribution is 0.102. The minimum absolute atomic E-state index is 0.0203. The molecular weight excluding hydrogens is 358 g/mol. The number of rotatable bonds is 4. The molecule has 0 saturated heterocycles. The molecule has 120 valence electrons. The van der Waals surface area contributed by atoms with E-state index in [0.29, 0.717) is 10.6 Å². The molecule has 1 aromatic heterocycles. The number of halogens is 1. The van der Waals surface area contributed by atoms with Gasteiger partial charge >= 0.3 is 0 Å². The highest BCUT2D eigenvalue weighted by molar-refractivity contribution is 7.89. The largest absolute Gasteiger partial charge is 0.312 e. The number of anilines is 1. The van der Waals surface area contributed by atoms with E-state index < -0.39 is 15.9 Å². The summed E-state index contributed by atoms with van der Waals surface area (Å²) in [6, 6.07) is 7.44. The number of carbonyl (C=O) groups excluding carboxylic acids is 1. The fourth-order valence-electron chi connectivity index (χ4n) is 1.71. The fourth-order valence-corrected chi connectivity index (χ4v) is 3.58. The van der Waals surface area contributed by atoms with Gasteiger partial charge in [0.2, 0.25) is 10.0 Å². The van der Waals surface area contributed by atoms with Crippen LogP contribution in [0.5, 0.6) is 0 Å². The summed E-state index contributed by atoms with van der Waals surface area (Å²) in [5.74, 6) is -0.579. The summed E-state index contributed by atoms with van der Waals surface area (Å²) in [6.45, 7) is 0. The van der Waals surface area contributed by atoms with Crippen LogP contribution in [0.3, 0.4) is 0 Å². The van der Waals surface area contributed by atoms with Crippen molar-refractivity contribution in [3.8, 4) is 6.07 Å². The lowest BCUT2D eigenvalue weighted by Gasteiger charge is -2.13. The first-order valence-corrected chi connectivity index (χ1v) is 8.98. The number of carbonyl (C=O) groups is 1. The quantitative estimate of drug-likeness (QED) is 0.897. The van der Waals surface area contributed by atoms with Crippen molar-refractivity contribution < 1.29 is 13.2 Å². The van der Waals surface area contributed by atoms with Crippen LogP contribution >= 0.6 is 22.9 Å². The van der Waals surface area contributed by atoms with Crippen LogP contribution < -0.4 is 5.32 Å². The SMILES string of the molecule is CN(C)S(=O)(=O)c1ccc(Cl)c(C(=O)Nc2sccc2C#N)c1. The van der Waals surface area contributed by atoms with Gasteiger partial charge in [-0.15, -0.1) is 11.3 Å². The minimum Gasteiger partial charge on any atom is -0.312 e. The molecule has 0 bridgehead atoms. The van der Waals surface area contributed by atoms with E-state index in [1.165, 1.54) is 43.6 Å². The zero-order chi connectivity index (χ0) is 17.2. The summed E-state index contributed by atoms with van der Waals surface area (Å²) in [5.41, 5.74) is 0.350. The molecule has 0 fully saturated rings. The predicted octanol–water partition coefficient (Wildman–Crippen LogP) is 2.78. The molecule has 0 aliphatic heterocycles. The molecule has 9 heteroatoms. The molecule has 0 spiro atoms. The average molecular weight is 370 g/mol. The van der Waals surface area contributed by atoms with Gasteiger partial charge in [0, 0.05) is 14.1 Å². The van der Waals surface area contributed by atoms with E-state index in [9.17, 15) is 13.2 Å². The number of hydrogen-bond donors (Lipinski definition) is 1. The summed E-state index contributed by atoms with van der Waals surface area (Å²) < 4.78 is 25.3. The molecule has 0 saturated carbocycles. The molecule has 0 aliphatic carbocycles. The van der Waals surface area contributed by atoms with Gasteiger partial charge in [0.05, 0.1) is 21.0 Å². The Labute approximate surface area is 143 Å². The van der Waals surface area contributed by atoms with Gasteiger partial charge in [0.25, 0.3) is 5.91 Å². The first-order chi connectivity index (χ1) is 10.8. The normalized spacial score (nSPS) is 11.3. The van der Waals surface area contributed by atoms with Crippen molar-refractivity contribution in [2.45, 2.75) is 4.90 Å². The predicted molar refractivity (Wildman–Crippen MR) is 89.3 cm³/mol. The van der Waals surface area contributed by atoms with E-state index >= 15 is 0 Å². The second-order valence-corrected chi connectivity index (χ2v) is 8.13. The van der Waals surface area contributed by atoms with Gasteiger partial charge in [-0.1, -0.05) is 11.6 Å². The van der Waals surface area contributed by atoms with Gasteiger partial charge in [0.1, 0.15) is 11.1 Å². The molecule has 0 radical (unpaired) electrons. The Morgan fingerprint density at radius 2 is 2.04 bits per heavy atom. The van der Waals surface area contributed by atoms with Crippen LogP contribution in [0.1, 0.15) is 15.9 Å². The standard InChI is InChI=1S/C14H12ClN3O3S2/c1-18(2)23(20,21)10-3-4-12(15)11(7-10)13(19)17-14-9(8-16)5-6-22-14/h3-7H,1-2H3,(H,17,19). The number of nitriles is 1. The number of nitrogens with zero attached hydrogens (tertiary/aromatic N) is 2. The minimum atomic E-state index is -3.68. The number of sulfonamides is 1. The summed E-state index contributed by atoms with van der Waals surface area (Å²) in [7, 11) is -0.885. The summed E-state index contributed by atoms with van der Waals surface area (Å²) in [6.07, 6.45) is 0. The van der Waals surface area contributed by atoms with Crippen LogP contribution in [-0.4, -0.2) is 32.7 Å². The van der Waals surface area contributed by atoms with Gasteiger partial charge in [-0.05, 0) is 29.6 Å². The highest BCUT2D eigenvalue weighted by Gasteiger charge is 2.21. The van der Waals surface area contributed by atoms with Crippen LogP contribution in [0.15, 0.2) is 34.5 Å².